The minimum Gasteiger partial charge on any atom is -0.292 e. The molecule has 0 heterocycles. The van der Waals surface area contributed by atoms with E-state index in [-0.39, 0.29) is 5.78 Å². The smallest absolute Gasteiger partial charge is 0.181 e. The molecule has 0 saturated heterocycles. The van der Waals surface area contributed by atoms with Crippen molar-refractivity contribution < 1.29 is 4.79 Å². The molecule has 0 N–H and O–H groups in total. The van der Waals surface area contributed by atoms with E-state index < -0.39 is 5.38 Å². The van der Waals surface area contributed by atoms with Crippen LogP contribution in [0.15, 0.2) is 23.1 Å². The molecule has 0 aliphatic heterocycles. The molecule has 1 unspecified atom stereocenters. The standard InChI is InChI=1S/C9H8ClIOS/c1-5(10)9(12)7-3-2-6(13)4-8(7)11/h2-5,13H,1H3. The molecule has 0 amide bonds. The predicted octanol–water partition coefficient (Wildman–Crippen LogP) is 3.39. The van der Waals surface area contributed by atoms with Crippen LogP contribution in [0, 0.1) is 3.57 Å². The van der Waals surface area contributed by atoms with Crippen LogP contribution in [0.25, 0.3) is 0 Å². The molecule has 1 aromatic carbocycles. The summed E-state index contributed by atoms with van der Waals surface area (Å²) in [6.45, 7) is 1.68. The zero-order chi connectivity index (χ0) is 10.0. The first-order chi connectivity index (χ1) is 6.02. The molecule has 0 saturated carbocycles. The van der Waals surface area contributed by atoms with Crippen LogP contribution in [0.1, 0.15) is 17.3 Å². The number of halogens is 2. The SMILES string of the molecule is CC(Cl)C(=O)c1ccc(S)cc1I. The molecule has 0 spiro atoms. The van der Waals surface area contributed by atoms with Crippen LogP contribution in [0.5, 0.6) is 0 Å². The third-order valence-electron chi connectivity index (χ3n) is 1.58. The van der Waals surface area contributed by atoms with E-state index in [4.69, 9.17) is 11.6 Å². The van der Waals surface area contributed by atoms with Gasteiger partial charge in [-0.1, -0.05) is 0 Å². The van der Waals surface area contributed by atoms with Crippen LogP contribution in [0.3, 0.4) is 0 Å². The third kappa shape index (κ3) is 2.86. The van der Waals surface area contributed by atoms with Gasteiger partial charge in [0.2, 0.25) is 0 Å². The fourth-order valence-electron chi connectivity index (χ4n) is 0.918. The molecular weight excluding hydrogens is 319 g/mol. The quantitative estimate of drug-likeness (QED) is 0.381. The first-order valence-electron chi connectivity index (χ1n) is 3.69. The Kier molecular flexibility index (Phi) is 4.06. The van der Waals surface area contributed by atoms with E-state index in [9.17, 15) is 4.79 Å². The number of hydrogen-bond donors (Lipinski definition) is 1. The van der Waals surface area contributed by atoms with Crippen molar-refractivity contribution in [3.63, 3.8) is 0 Å². The second-order valence-electron chi connectivity index (χ2n) is 2.64. The summed E-state index contributed by atoms with van der Waals surface area (Å²) in [4.78, 5) is 12.4. The Labute approximate surface area is 101 Å². The monoisotopic (exact) mass is 326 g/mol. The summed E-state index contributed by atoms with van der Waals surface area (Å²) in [5.74, 6) is -0.0422. The van der Waals surface area contributed by atoms with Gasteiger partial charge in [0.15, 0.2) is 5.78 Å². The molecule has 1 atom stereocenters. The molecule has 70 valence electrons. The highest BCUT2D eigenvalue weighted by molar-refractivity contribution is 14.1. The van der Waals surface area contributed by atoms with Gasteiger partial charge in [0.25, 0.3) is 0 Å². The molecule has 0 bridgehead atoms. The van der Waals surface area contributed by atoms with E-state index in [0.717, 1.165) is 8.47 Å². The number of carbonyl (C=O) groups is 1. The number of benzene rings is 1. The summed E-state index contributed by atoms with van der Waals surface area (Å²) >= 11 is 12.0. The van der Waals surface area contributed by atoms with E-state index in [1.807, 2.05) is 6.07 Å². The lowest BCUT2D eigenvalue weighted by Gasteiger charge is -2.05. The van der Waals surface area contributed by atoms with Gasteiger partial charge in [0, 0.05) is 14.0 Å². The number of hydrogen-bond acceptors (Lipinski definition) is 2. The molecule has 1 rings (SSSR count). The summed E-state index contributed by atoms with van der Waals surface area (Å²) in [5.41, 5.74) is 0.668. The van der Waals surface area contributed by atoms with Crippen LogP contribution < -0.4 is 0 Å². The van der Waals surface area contributed by atoms with Crippen molar-refractivity contribution in [1.82, 2.24) is 0 Å². The number of alkyl halides is 1. The molecule has 1 nitrogen and oxygen atoms in total. The minimum atomic E-state index is -0.473. The molecular formula is C9H8ClIOS. The van der Waals surface area contributed by atoms with E-state index in [2.05, 4.69) is 35.2 Å². The van der Waals surface area contributed by atoms with Crippen LogP contribution in [-0.4, -0.2) is 11.2 Å². The summed E-state index contributed by atoms with van der Waals surface area (Å²) in [6.07, 6.45) is 0. The minimum absolute atomic E-state index is 0.0422. The molecule has 0 aromatic heterocycles. The van der Waals surface area contributed by atoms with E-state index >= 15 is 0 Å². The van der Waals surface area contributed by atoms with Crippen molar-refractivity contribution in [2.45, 2.75) is 17.2 Å². The number of Topliss-reactive ketones (excluding diaryl/α,β-unsaturated/α-hetero) is 1. The fraction of sp³-hybridized carbons (Fsp3) is 0.222. The largest absolute Gasteiger partial charge is 0.292 e. The van der Waals surface area contributed by atoms with Crippen LogP contribution in [0.4, 0.5) is 0 Å². The van der Waals surface area contributed by atoms with Gasteiger partial charge in [0.1, 0.15) is 0 Å². The van der Waals surface area contributed by atoms with Gasteiger partial charge in [-0.2, -0.15) is 0 Å². The normalized spacial score (nSPS) is 12.6. The number of thiol groups is 1. The molecule has 0 fully saturated rings. The average Bonchev–Trinajstić information content (AvgIpc) is 2.03. The lowest BCUT2D eigenvalue weighted by molar-refractivity contribution is 0.0991. The van der Waals surface area contributed by atoms with E-state index in [0.29, 0.717) is 5.56 Å². The zero-order valence-corrected chi connectivity index (χ0v) is 10.7. The predicted molar refractivity (Wildman–Crippen MR) is 66.1 cm³/mol. The van der Waals surface area contributed by atoms with Crippen LogP contribution in [-0.2, 0) is 0 Å². The van der Waals surface area contributed by atoms with Gasteiger partial charge < -0.3 is 0 Å². The zero-order valence-electron chi connectivity index (χ0n) is 6.92. The molecule has 0 aliphatic rings. The summed E-state index contributed by atoms with van der Waals surface area (Å²) in [6, 6.07) is 5.39. The van der Waals surface area contributed by atoms with Crippen molar-refractivity contribution in [2.24, 2.45) is 0 Å². The summed E-state index contributed by atoms with van der Waals surface area (Å²) < 4.78 is 0.891. The van der Waals surface area contributed by atoms with E-state index in [1.165, 1.54) is 0 Å². The van der Waals surface area contributed by atoms with Crippen molar-refractivity contribution in [1.29, 1.82) is 0 Å². The van der Waals surface area contributed by atoms with E-state index in [1.54, 1.807) is 19.1 Å². The Balaban J connectivity index is 3.09. The lowest BCUT2D eigenvalue weighted by atomic mass is 10.1. The van der Waals surface area contributed by atoms with Crippen molar-refractivity contribution >= 4 is 52.6 Å². The maximum atomic E-state index is 11.5. The first kappa shape index (κ1) is 11.3. The highest BCUT2D eigenvalue weighted by Crippen LogP contribution is 2.19. The van der Waals surface area contributed by atoms with Gasteiger partial charge in [-0.05, 0) is 47.7 Å². The van der Waals surface area contributed by atoms with Gasteiger partial charge in [-0.15, -0.1) is 24.2 Å². The molecule has 4 heteroatoms. The summed E-state index contributed by atoms with van der Waals surface area (Å²) in [5, 5.41) is -0.473. The number of rotatable bonds is 2. The molecule has 13 heavy (non-hydrogen) atoms. The Morgan fingerprint density at radius 3 is 2.69 bits per heavy atom. The van der Waals surface area contributed by atoms with Crippen LogP contribution >= 0.6 is 46.8 Å². The van der Waals surface area contributed by atoms with Gasteiger partial charge >= 0.3 is 0 Å². The highest BCUT2D eigenvalue weighted by Gasteiger charge is 2.14. The highest BCUT2D eigenvalue weighted by atomic mass is 127. The van der Waals surface area contributed by atoms with Gasteiger partial charge in [-0.25, -0.2) is 0 Å². The first-order valence-corrected chi connectivity index (χ1v) is 5.65. The third-order valence-corrected chi connectivity index (χ3v) is 2.95. The van der Waals surface area contributed by atoms with Crippen molar-refractivity contribution in [2.75, 3.05) is 0 Å². The molecule has 0 aliphatic carbocycles. The number of carbonyl (C=O) groups excluding carboxylic acids is 1. The lowest BCUT2D eigenvalue weighted by Crippen LogP contribution is -2.11. The fourth-order valence-corrected chi connectivity index (χ4v) is 2.27. The van der Waals surface area contributed by atoms with Crippen LogP contribution in [0.2, 0.25) is 0 Å². The maximum Gasteiger partial charge on any atom is 0.181 e. The Morgan fingerprint density at radius 2 is 2.23 bits per heavy atom. The van der Waals surface area contributed by atoms with Gasteiger partial charge in [-0.3, -0.25) is 4.79 Å². The van der Waals surface area contributed by atoms with Gasteiger partial charge in [0.05, 0.1) is 5.38 Å². The van der Waals surface area contributed by atoms with Crippen molar-refractivity contribution in [3.8, 4) is 0 Å². The maximum absolute atomic E-state index is 11.5. The topological polar surface area (TPSA) is 17.1 Å². The molecule has 1 aromatic rings. The Morgan fingerprint density at radius 1 is 1.62 bits per heavy atom. The second-order valence-corrected chi connectivity index (χ2v) is 4.98. The molecule has 0 radical (unpaired) electrons. The Bertz CT molecular complexity index is 338. The van der Waals surface area contributed by atoms with Crippen molar-refractivity contribution in [3.05, 3.63) is 27.3 Å². The Hall–Kier alpha value is 0.260. The second kappa shape index (κ2) is 4.66. The summed E-state index contributed by atoms with van der Waals surface area (Å²) in [7, 11) is 0. The average molecular weight is 327 g/mol. The number of ketones is 1.